The van der Waals surface area contributed by atoms with E-state index in [2.05, 4.69) is 15.1 Å². The highest BCUT2D eigenvalue weighted by atomic mass is 32.2. The molecule has 0 radical (unpaired) electrons. The zero-order valence-electron chi connectivity index (χ0n) is 8.72. The second-order valence-electron chi connectivity index (χ2n) is 3.61. The van der Waals surface area contributed by atoms with Crippen LogP contribution in [0.1, 0.15) is 17.8 Å². The Hall–Kier alpha value is -0.170. The molecule has 0 aliphatic carbocycles. The predicted molar refractivity (Wildman–Crippen MR) is 62.2 cm³/mol. The monoisotopic (exact) mass is 245 g/mol. The summed E-state index contributed by atoms with van der Waals surface area (Å²) in [4.78, 5) is 2.30. The van der Waals surface area contributed by atoms with Crippen LogP contribution >= 0.6 is 23.1 Å². The van der Waals surface area contributed by atoms with Gasteiger partial charge in [0.25, 0.3) is 0 Å². The molecule has 0 spiro atoms. The molecule has 0 amide bonds. The molecule has 1 N–H and O–H groups in total. The molecule has 2 rings (SSSR count). The molecule has 15 heavy (non-hydrogen) atoms. The SMILES string of the molecule is CSc1nnc(CN2CCCC2CO)s1. The fourth-order valence-electron chi connectivity index (χ4n) is 1.87. The van der Waals surface area contributed by atoms with E-state index in [-0.39, 0.29) is 6.61 Å². The van der Waals surface area contributed by atoms with E-state index in [0.717, 1.165) is 28.9 Å². The Morgan fingerprint density at radius 2 is 2.47 bits per heavy atom. The smallest absolute Gasteiger partial charge is 0.174 e. The molecule has 1 aliphatic heterocycles. The third kappa shape index (κ3) is 2.69. The number of hydrogen-bond acceptors (Lipinski definition) is 6. The van der Waals surface area contributed by atoms with Gasteiger partial charge in [0.2, 0.25) is 0 Å². The van der Waals surface area contributed by atoms with Crippen molar-refractivity contribution in [1.82, 2.24) is 15.1 Å². The van der Waals surface area contributed by atoms with E-state index in [4.69, 9.17) is 0 Å². The maximum Gasteiger partial charge on any atom is 0.174 e. The maximum atomic E-state index is 9.19. The molecular weight excluding hydrogens is 230 g/mol. The van der Waals surface area contributed by atoms with Crippen LogP contribution in [-0.2, 0) is 6.54 Å². The largest absolute Gasteiger partial charge is 0.395 e. The van der Waals surface area contributed by atoms with Gasteiger partial charge in [0.1, 0.15) is 5.01 Å². The molecule has 1 fully saturated rings. The minimum atomic E-state index is 0.258. The summed E-state index contributed by atoms with van der Waals surface area (Å²) in [5.41, 5.74) is 0. The van der Waals surface area contributed by atoms with Crippen LogP contribution in [0.25, 0.3) is 0 Å². The van der Waals surface area contributed by atoms with Gasteiger partial charge >= 0.3 is 0 Å². The lowest BCUT2D eigenvalue weighted by Gasteiger charge is -2.20. The van der Waals surface area contributed by atoms with Crippen molar-refractivity contribution in [2.45, 2.75) is 29.8 Å². The van der Waals surface area contributed by atoms with Crippen LogP contribution in [0.4, 0.5) is 0 Å². The lowest BCUT2D eigenvalue weighted by molar-refractivity contribution is 0.153. The van der Waals surface area contributed by atoms with E-state index in [0.29, 0.717) is 6.04 Å². The number of hydrogen-bond donors (Lipinski definition) is 1. The predicted octanol–water partition coefficient (Wildman–Crippen LogP) is 1.22. The highest BCUT2D eigenvalue weighted by molar-refractivity contribution is 8.00. The zero-order valence-corrected chi connectivity index (χ0v) is 10.4. The van der Waals surface area contributed by atoms with Crippen molar-refractivity contribution in [1.29, 1.82) is 0 Å². The molecule has 0 bridgehead atoms. The number of rotatable bonds is 4. The minimum absolute atomic E-state index is 0.258. The van der Waals surface area contributed by atoms with E-state index < -0.39 is 0 Å². The molecule has 1 saturated heterocycles. The third-order valence-electron chi connectivity index (χ3n) is 2.67. The number of likely N-dealkylation sites (tertiary alicyclic amines) is 1. The Morgan fingerprint density at radius 3 is 3.13 bits per heavy atom. The van der Waals surface area contributed by atoms with Crippen LogP contribution in [0.5, 0.6) is 0 Å². The van der Waals surface area contributed by atoms with Gasteiger partial charge in [-0.1, -0.05) is 23.1 Å². The van der Waals surface area contributed by atoms with Crippen LogP contribution in [0.15, 0.2) is 4.34 Å². The van der Waals surface area contributed by atoms with Crippen molar-refractivity contribution in [3.63, 3.8) is 0 Å². The average Bonchev–Trinajstić information content (AvgIpc) is 2.87. The van der Waals surface area contributed by atoms with Gasteiger partial charge in [0.15, 0.2) is 4.34 Å². The first-order chi connectivity index (χ1) is 7.33. The number of aliphatic hydroxyl groups excluding tert-OH is 1. The van der Waals surface area contributed by atoms with Crippen molar-refractivity contribution >= 4 is 23.1 Å². The maximum absolute atomic E-state index is 9.19. The highest BCUT2D eigenvalue weighted by Crippen LogP contribution is 2.24. The number of nitrogens with zero attached hydrogens (tertiary/aromatic N) is 3. The van der Waals surface area contributed by atoms with E-state index in [9.17, 15) is 5.11 Å². The third-order valence-corrected chi connectivity index (χ3v) is 4.55. The second kappa shape index (κ2) is 5.25. The average molecular weight is 245 g/mol. The van der Waals surface area contributed by atoms with Gasteiger partial charge in [0, 0.05) is 6.04 Å². The lowest BCUT2D eigenvalue weighted by atomic mass is 10.2. The summed E-state index contributed by atoms with van der Waals surface area (Å²) in [6.45, 7) is 2.16. The Bertz CT molecular complexity index is 318. The van der Waals surface area contributed by atoms with Crippen molar-refractivity contribution < 1.29 is 5.11 Å². The van der Waals surface area contributed by atoms with Gasteiger partial charge in [-0.3, -0.25) is 4.90 Å². The van der Waals surface area contributed by atoms with Crippen LogP contribution in [0, 0.1) is 0 Å². The number of aromatic nitrogens is 2. The first-order valence-corrected chi connectivity index (χ1v) is 7.09. The number of thioether (sulfide) groups is 1. The highest BCUT2D eigenvalue weighted by Gasteiger charge is 2.24. The van der Waals surface area contributed by atoms with Crippen molar-refractivity contribution in [3.8, 4) is 0 Å². The fourth-order valence-corrected chi connectivity index (χ4v) is 3.21. The first-order valence-electron chi connectivity index (χ1n) is 5.04. The lowest BCUT2D eigenvalue weighted by Crippen LogP contribution is -2.31. The minimum Gasteiger partial charge on any atom is -0.395 e. The Kier molecular flexibility index (Phi) is 3.96. The van der Waals surface area contributed by atoms with E-state index in [1.54, 1.807) is 23.1 Å². The summed E-state index contributed by atoms with van der Waals surface area (Å²) >= 11 is 3.28. The van der Waals surface area contributed by atoms with Gasteiger partial charge in [-0.2, -0.15) is 0 Å². The van der Waals surface area contributed by atoms with Gasteiger partial charge in [-0.05, 0) is 25.6 Å². The molecule has 1 unspecified atom stereocenters. The summed E-state index contributed by atoms with van der Waals surface area (Å²) in [6, 6.07) is 0.326. The molecule has 1 aromatic rings. The molecule has 0 aromatic carbocycles. The second-order valence-corrected chi connectivity index (χ2v) is 5.73. The topological polar surface area (TPSA) is 49.2 Å². The van der Waals surface area contributed by atoms with E-state index in [1.807, 2.05) is 6.26 Å². The Morgan fingerprint density at radius 1 is 1.60 bits per heavy atom. The zero-order chi connectivity index (χ0) is 10.7. The summed E-state index contributed by atoms with van der Waals surface area (Å²) in [7, 11) is 0. The molecule has 4 nitrogen and oxygen atoms in total. The Balaban J connectivity index is 1.95. The molecule has 2 heterocycles. The molecule has 1 aromatic heterocycles. The van der Waals surface area contributed by atoms with Crippen LogP contribution in [-0.4, -0.2) is 45.7 Å². The summed E-state index contributed by atoms with van der Waals surface area (Å²) in [6.07, 6.45) is 4.29. The first kappa shape index (κ1) is 11.3. The van der Waals surface area contributed by atoms with Crippen molar-refractivity contribution in [2.24, 2.45) is 0 Å². The molecule has 0 saturated carbocycles. The van der Waals surface area contributed by atoms with Gasteiger partial charge in [-0.25, -0.2) is 0 Å². The van der Waals surface area contributed by atoms with Gasteiger partial charge in [0.05, 0.1) is 13.2 Å². The van der Waals surface area contributed by atoms with E-state index >= 15 is 0 Å². The summed E-state index contributed by atoms with van der Waals surface area (Å²) < 4.78 is 1.02. The number of aliphatic hydroxyl groups is 1. The van der Waals surface area contributed by atoms with Crippen molar-refractivity contribution in [3.05, 3.63) is 5.01 Å². The normalized spacial score (nSPS) is 22.4. The van der Waals surface area contributed by atoms with Gasteiger partial charge < -0.3 is 5.11 Å². The summed E-state index contributed by atoms with van der Waals surface area (Å²) in [5, 5.41) is 18.5. The quantitative estimate of drug-likeness (QED) is 0.808. The molecule has 6 heteroatoms. The summed E-state index contributed by atoms with van der Waals surface area (Å²) in [5.74, 6) is 0. The van der Waals surface area contributed by atoms with Crippen molar-refractivity contribution in [2.75, 3.05) is 19.4 Å². The van der Waals surface area contributed by atoms with Gasteiger partial charge in [-0.15, -0.1) is 10.2 Å². The standard InChI is InChI=1S/C9H15N3OS2/c1-14-9-11-10-8(15-9)5-12-4-2-3-7(12)6-13/h7,13H,2-6H2,1H3. The molecule has 1 aliphatic rings. The van der Waals surface area contributed by atoms with Crippen LogP contribution in [0.2, 0.25) is 0 Å². The molecule has 1 atom stereocenters. The van der Waals surface area contributed by atoms with Crippen LogP contribution < -0.4 is 0 Å². The fraction of sp³-hybridized carbons (Fsp3) is 0.778. The van der Waals surface area contributed by atoms with Crippen LogP contribution in [0.3, 0.4) is 0 Å². The Labute approximate surface area is 97.7 Å². The van der Waals surface area contributed by atoms with E-state index in [1.165, 1.54) is 6.42 Å². The molecule has 84 valence electrons. The molecular formula is C9H15N3OS2.